The molecule has 0 saturated heterocycles. The number of urea groups is 1. The topological polar surface area (TPSA) is 61.4 Å². The Bertz CT molecular complexity index is 475. The Morgan fingerprint density at radius 2 is 1.82 bits per heavy atom. The molecule has 22 heavy (non-hydrogen) atoms. The Labute approximate surface area is 127 Å². The van der Waals surface area contributed by atoms with Crippen LogP contribution in [0.4, 0.5) is 18.0 Å². The standard InChI is InChI=1S/C15H21F3N2O2/c1-3-13(8-9-21)20-14(22)19-10(2)11-4-6-12(7-5-11)15(16,17)18/h4-7,10,13,21H,3,8-9H2,1-2H3,(H2,19,20,22). The molecule has 1 aromatic carbocycles. The van der Waals surface area contributed by atoms with Gasteiger partial charge in [-0.25, -0.2) is 4.79 Å². The maximum absolute atomic E-state index is 12.5. The van der Waals surface area contributed by atoms with E-state index < -0.39 is 23.8 Å². The summed E-state index contributed by atoms with van der Waals surface area (Å²) < 4.78 is 37.5. The molecule has 0 aliphatic heterocycles. The van der Waals surface area contributed by atoms with Crippen molar-refractivity contribution in [3.63, 3.8) is 0 Å². The third-order valence-electron chi connectivity index (χ3n) is 3.39. The SMILES string of the molecule is CCC(CCO)NC(=O)NC(C)c1ccc(C(F)(F)F)cc1. The van der Waals surface area contributed by atoms with Crippen LogP contribution in [0.3, 0.4) is 0 Å². The Hall–Kier alpha value is -1.76. The molecule has 2 unspecified atom stereocenters. The van der Waals surface area contributed by atoms with Crippen molar-refractivity contribution in [2.45, 2.75) is 44.9 Å². The van der Waals surface area contributed by atoms with Crippen LogP contribution in [-0.4, -0.2) is 23.8 Å². The van der Waals surface area contributed by atoms with E-state index in [1.807, 2.05) is 6.92 Å². The van der Waals surface area contributed by atoms with Gasteiger partial charge in [0.15, 0.2) is 0 Å². The van der Waals surface area contributed by atoms with Crippen LogP contribution >= 0.6 is 0 Å². The zero-order chi connectivity index (χ0) is 16.8. The molecule has 0 radical (unpaired) electrons. The van der Waals surface area contributed by atoms with E-state index in [0.29, 0.717) is 18.4 Å². The summed E-state index contributed by atoms with van der Waals surface area (Å²) in [7, 11) is 0. The van der Waals surface area contributed by atoms with Gasteiger partial charge in [0, 0.05) is 12.6 Å². The van der Waals surface area contributed by atoms with Crippen LogP contribution in [0, 0.1) is 0 Å². The smallest absolute Gasteiger partial charge is 0.396 e. The predicted octanol–water partition coefficient (Wildman–Crippen LogP) is 3.23. The molecule has 0 saturated carbocycles. The highest BCUT2D eigenvalue weighted by atomic mass is 19.4. The van der Waals surface area contributed by atoms with E-state index in [-0.39, 0.29) is 12.6 Å². The Morgan fingerprint density at radius 3 is 2.27 bits per heavy atom. The van der Waals surface area contributed by atoms with Crippen molar-refractivity contribution in [3.8, 4) is 0 Å². The summed E-state index contributed by atoms with van der Waals surface area (Å²) in [6.45, 7) is 3.56. The van der Waals surface area contributed by atoms with Gasteiger partial charge in [-0.1, -0.05) is 19.1 Å². The van der Waals surface area contributed by atoms with Crippen LogP contribution in [0.2, 0.25) is 0 Å². The fraction of sp³-hybridized carbons (Fsp3) is 0.533. The number of amides is 2. The average Bonchev–Trinajstić information content (AvgIpc) is 2.45. The van der Waals surface area contributed by atoms with Gasteiger partial charge in [-0.3, -0.25) is 0 Å². The second-order valence-electron chi connectivity index (χ2n) is 5.08. The number of aliphatic hydroxyl groups excluding tert-OH is 1. The molecule has 0 fully saturated rings. The summed E-state index contributed by atoms with van der Waals surface area (Å²) in [5, 5.41) is 14.2. The number of hydrogen-bond acceptors (Lipinski definition) is 2. The number of halogens is 3. The molecule has 0 spiro atoms. The van der Waals surface area contributed by atoms with Crippen LogP contribution in [0.5, 0.6) is 0 Å². The van der Waals surface area contributed by atoms with Crippen molar-refractivity contribution < 1.29 is 23.1 Å². The Balaban J connectivity index is 2.61. The summed E-state index contributed by atoms with van der Waals surface area (Å²) in [4.78, 5) is 11.8. The van der Waals surface area contributed by atoms with Crippen molar-refractivity contribution in [1.82, 2.24) is 10.6 Å². The maximum atomic E-state index is 12.5. The van der Waals surface area contributed by atoms with Gasteiger partial charge in [-0.15, -0.1) is 0 Å². The van der Waals surface area contributed by atoms with Gasteiger partial charge in [-0.05, 0) is 37.5 Å². The minimum Gasteiger partial charge on any atom is -0.396 e. The highest BCUT2D eigenvalue weighted by Crippen LogP contribution is 2.29. The molecule has 7 heteroatoms. The van der Waals surface area contributed by atoms with Crippen molar-refractivity contribution >= 4 is 6.03 Å². The molecule has 0 heterocycles. The first-order chi connectivity index (χ1) is 10.3. The number of hydrogen-bond donors (Lipinski definition) is 3. The van der Waals surface area contributed by atoms with Gasteiger partial charge < -0.3 is 15.7 Å². The first kappa shape index (κ1) is 18.3. The summed E-state index contributed by atoms with van der Waals surface area (Å²) in [6, 6.07) is 3.71. The monoisotopic (exact) mass is 318 g/mol. The number of nitrogens with one attached hydrogen (secondary N) is 2. The third kappa shape index (κ3) is 5.55. The average molecular weight is 318 g/mol. The van der Waals surface area contributed by atoms with Crippen molar-refractivity contribution in [1.29, 1.82) is 0 Å². The van der Waals surface area contributed by atoms with Crippen LogP contribution in [0.25, 0.3) is 0 Å². The van der Waals surface area contributed by atoms with Crippen molar-refractivity contribution in [3.05, 3.63) is 35.4 Å². The summed E-state index contributed by atoms with van der Waals surface area (Å²) in [5.41, 5.74) is -0.139. The number of carbonyl (C=O) groups excluding carboxylic acids is 1. The van der Waals surface area contributed by atoms with Crippen LogP contribution in [0.1, 0.15) is 43.9 Å². The minimum atomic E-state index is -4.37. The second-order valence-corrected chi connectivity index (χ2v) is 5.08. The van der Waals surface area contributed by atoms with Gasteiger partial charge in [-0.2, -0.15) is 13.2 Å². The molecule has 124 valence electrons. The lowest BCUT2D eigenvalue weighted by Crippen LogP contribution is -2.43. The number of aliphatic hydroxyl groups is 1. The Kier molecular flexibility index (Phi) is 6.67. The van der Waals surface area contributed by atoms with Gasteiger partial charge in [0.05, 0.1) is 11.6 Å². The van der Waals surface area contributed by atoms with E-state index in [2.05, 4.69) is 10.6 Å². The quantitative estimate of drug-likeness (QED) is 0.754. The van der Waals surface area contributed by atoms with E-state index in [1.54, 1.807) is 6.92 Å². The molecule has 0 aliphatic rings. The molecule has 2 amide bonds. The number of alkyl halides is 3. The molecule has 1 rings (SSSR count). The molecule has 1 aromatic rings. The number of carbonyl (C=O) groups is 1. The highest BCUT2D eigenvalue weighted by molar-refractivity contribution is 5.74. The fourth-order valence-corrected chi connectivity index (χ4v) is 2.00. The summed E-state index contributed by atoms with van der Waals surface area (Å²) in [6.07, 6.45) is -3.23. The van der Waals surface area contributed by atoms with Crippen molar-refractivity contribution in [2.75, 3.05) is 6.61 Å². The zero-order valence-electron chi connectivity index (χ0n) is 12.6. The van der Waals surface area contributed by atoms with Gasteiger partial charge in [0.1, 0.15) is 0 Å². The molecular weight excluding hydrogens is 297 g/mol. The molecular formula is C15H21F3N2O2. The zero-order valence-corrected chi connectivity index (χ0v) is 12.6. The minimum absolute atomic E-state index is 0.0206. The summed E-state index contributed by atoms with van der Waals surface area (Å²) >= 11 is 0. The van der Waals surface area contributed by atoms with E-state index in [1.165, 1.54) is 12.1 Å². The summed E-state index contributed by atoms with van der Waals surface area (Å²) in [5.74, 6) is 0. The van der Waals surface area contributed by atoms with Crippen LogP contribution < -0.4 is 10.6 Å². The molecule has 3 N–H and O–H groups in total. The van der Waals surface area contributed by atoms with E-state index in [9.17, 15) is 18.0 Å². The first-order valence-electron chi connectivity index (χ1n) is 7.13. The van der Waals surface area contributed by atoms with E-state index in [4.69, 9.17) is 5.11 Å². The lowest BCUT2D eigenvalue weighted by atomic mass is 10.1. The van der Waals surface area contributed by atoms with Crippen LogP contribution in [0.15, 0.2) is 24.3 Å². The highest BCUT2D eigenvalue weighted by Gasteiger charge is 2.30. The third-order valence-corrected chi connectivity index (χ3v) is 3.39. The van der Waals surface area contributed by atoms with E-state index in [0.717, 1.165) is 12.1 Å². The van der Waals surface area contributed by atoms with Gasteiger partial charge in [0.25, 0.3) is 0 Å². The predicted molar refractivity (Wildman–Crippen MR) is 77.3 cm³/mol. The number of rotatable bonds is 6. The van der Waals surface area contributed by atoms with Crippen LogP contribution in [-0.2, 0) is 6.18 Å². The fourth-order valence-electron chi connectivity index (χ4n) is 2.00. The number of benzene rings is 1. The molecule has 0 bridgehead atoms. The molecule has 4 nitrogen and oxygen atoms in total. The molecule has 0 aromatic heterocycles. The molecule has 0 aliphatic carbocycles. The van der Waals surface area contributed by atoms with Gasteiger partial charge in [0.2, 0.25) is 0 Å². The second kappa shape index (κ2) is 8.03. The lowest BCUT2D eigenvalue weighted by molar-refractivity contribution is -0.137. The largest absolute Gasteiger partial charge is 0.416 e. The van der Waals surface area contributed by atoms with Crippen molar-refractivity contribution in [2.24, 2.45) is 0 Å². The van der Waals surface area contributed by atoms with E-state index >= 15 is 0 Å². The maximum Gasteiger partial charge on any atom is 0.416 e. The Morgan fingerprint density at radius 1 is 1.23 bits per heavy atom. The normalized spacial score (nSPS) is 14.3. The van der Waals surface area contributed by atoms with Gasteiger partial charge >= 0.3 is 12.2 Å². The first-order valence-corrected chi connectivity index (χ1v) is 7.13. The molecule has 2 atom stereocenters. The lowest BCUT2D eigenvalue weighted by Gasteiger charge is -2.20.